The molecule has 1 aliphatic carbocycles. The first-order valence-electron chi connectivity index (χ1n) is 10.5. The van der Waals surface area contributed by atoms with E-state index in [2.05, 4.69) is 25.7 Å². The summed E-state index contributed by atoms with van der Waals surface area (Å²) < 4.78 is 50.3. The first-order valence-corrected chi connectivity index (χ1v) is 10.5. The lowest BCUT2D eigenvalue weighted by atomic mass is 9.82. The van der Waals surface area contributed by atoms with E-state index in [1.54, 1.807) is 13.2 Å². The molecule has 2 fully saturated rings. The summed E-state index contributed by atoms with van der Waals surface area (Å²) in [6.07, 6.45) is 3.76. The van der Waals surface area contributed by atoms with Crippen molar-refractivity contribution in [2.24, 2.45) is 0 Å². The molecule has 1 aliphatic heterocycles. The van der Waals surface area contributed by atoms with Crippen LogP contribution >= 0.6 is 0 Å². The van der Waals surface area contributed by atoms with E-state index in [1.165, 1.54) is 10.7 Å². The molecule has 0 aromatic carbocycles. The first kappa shape index (κ1) is 20.0. The Morgan fingerprint density at radius 1 is 1.19 bits per heavy atom. The highest BCUT2D eigenvalue weighted by atomic mass is 19.1. The average Bonchev–Trinajstić information content (AvgIpc) is 3.12. The van der Waals surface area contributed by atoms with E-state index < -0.39 is 23.8 Å². The molecule has 5 rings (SSSR count). The van der Waals surface area contributed by atoms with Crippen LogP contribution in [0, 0.1) is 11.6 Å². The number of halogens is 3. The van der Waals surface area contributed by atoms with Gasteiger partial charge in [0.1, 0.15) is 29.0 Å². The van der Waals surface area contributed by atoms with Crippen molar-refractivity contribution in [1.82, 2.24) is 24.9 Å². The molecule has 2 unspecified atom stereocenters. The largest absolute Gasteiger partial charge is 0.495 e. The maximum Gasteiger partial charge on any atom is 0.168 e. The number of nitrogens with zero attached hydrogens (tertiary/aromatic N) is 4. The zero-order valence-corrected chi connectivity index (χ0v) is 17.0. The Hall–Kier alpha value is -2.88. The average molecular weight is 432 g/mol. The van der Waals surface area contributed by atoms with E-state index in [4.69, 9.17) is 4.74 Å². The predicted octanol–water partition coefficient (Wildman–Crippen LogP) is 3.46. The first-order chi connectivity index (χ1) is 15.0. The molecule has 0 amide bonds. The number of fused-ring (bicyclic) bond motifs is 1. The van der Waals surface area contributed by atoms with Crippen LogP contribution in [0.5, 0.6) is 5.75 Å². The van der Waals surface area contributed by atoms with Crippen LogP contribution in [-0.2, 0) is 0 Å². The molecule has 10 heteroatoms. The second-order valence-corrected chi connectivity index (χ2v) is 8.05. The quantitative estimate of drug-likeness (QED) is 0.643. The lowest BCUT2D eigenvalue weighted by Gasteiger charge is -2.28. The molecule has 164 valence electrons. The number of hydrogen-bond acceptors (Lipinski definition) is 6. The van der Waals surface area contributed by atoms with Crippen molar-refractivity contribution in [3.05, 3.63) is 35.7 Å². The molecule has 2 aliphatic rings. The number of aromatic nitrogens is 4. The summed E-state index contributed by atoms with van der Waals surface area (Å²) in [6.45, 7) is 0.890. The highest BCUT2D eigenvalue weighted by Gasteiger charge is 2.28. The van der Waals surface area contributed by atoms with Crippen molar-refractivity contribution in [3.63, 3.8) is 0 Å². The minimum absolute atomic E-state index is 0.104. The normalized spacial score (nSPS) is 21.8. The van der Waals surface area contributed by atoms with E-state index in [0.717, 1.165) is 31.0 Å². The Morgan fingerprint density at radius 3 is 2.74 bits per heavy atom. The molecule has 3 aromatic rings. The Labute approximate surface area is 177 Å². The molecule has 1 saturated heterocycles. The van der Waals surface area contributed by atoms with Gasteiger partial charge in [0.2, 0.25) is 0 Å². The van der Waals surface area contributed by atoms with Crippen LogP contribution in [0.25, 0.3) is 17.0 Å². The van der Waals surface area contributed by atoms with E-state index in [-0.39, 0.29) is 23.1 Å². The number of nitrogens with one attached hydrogen (secondary N) is 2. The van der Waals surface area contributed by atoms with Gasteiger partial charge < -0.3 is 15.4 Å². The number of anilines is 1. The van der Waals surface area contributed by atoms with E-state index >= 15 is 0 Å². The van der Waals surface area contributed by atoms with Gasteiger partial charge in [-0.25, -0.2) is 27.7 Å². The number of piperidine rings is 1. The van der Waals surface area contributed by atoms with Crippen LogP contribution in [-0.4, -0.2) is 52.0 Å². The van der Waals surface area contributed by atoms with Gasteiger partial charge >= 0.3 is 0 Å². The zero-order valence-electron chi connectivity index (χ0n) is 17.0. The predicted molar refractivity (Wildman–Crippen MR) is 109 cm³/mol. The topological polar surface area (TPSA) is 76.4 Å². The second kappa shape index (κ2) is 7.99. The molecule has 3 aromatic heterocycles. The number of imidazole rings is 1. The van der Waals surface area contributed by atoms with Gasteiger partial charge in [-0.15, -0.1) is 0 Å². The maximum atomic E-state index is 14.7. The van der Waals surface area contributed by atoms with Crippen molar-refractivity contribution in [1.29, 1.82) is 0 Å². The molecule has 4 heterocycles. The standard InChI is InChI=1S/C21H23F3N6O/c1-31-17-8-18-26-10-16(30(18)29-19(17)11-3-2-4-11)20-13(23)7-14(24)21(28-20)27-15-9-25-6-5-12(15)22/h7-8,10-12,15,25H,2-6,9H2,1H3,(H,27,28). The van der Waals surface area contributed by atoms with Crippen LogP contribution in [0.1, 0.15) is 37.3 Å². The SMILES string of the molecule is COc1cc2ncc(-c3nc(NC4CNCCC4F)c(F)cc3F)n2nc1C1CCC1. The smallest absolute Gasteiger partial charge is 0.168 e. The Morgan fingerprint density at radius 2 is 2.03 bits per heavy atom. The maximum absolute atomic E-state index is 14.7. The molecule has 7 nitrogen and oxygen atoms in total. The number of rotatable bonds is 5. The lowest BCUT2D eigenvalue weighted by molar-refractivity contribution is 0.240. The highest BCUT2D eigenvalue weighted by molar-refractivity contribution is 5.63. The number of alkyl halides is 1. The molecule has 0 bridgehead atoms. The third-order valence-electron chi connectivity index (χ3n) is 6.09. The highest BCUT2D eigenvalue weighted by Crippen LogP contribution is 2.40. The van der Waals surface area contributed by atoms with Crippen molar-refractivity contribution in [3.8, 4) is 17.1 Å². The Balaban J connectivity index is 1.56. The summed E-state index contributed by atoms with van der Waals surface area (Å²) in [7, 11) is 1.58. The summed E-state index contributed by atoms with van der Waals surface area (Å²) >= 11 is 0. The van der Waals surface area contributed by atoms with E-state index in [1.807, 2.05) is 0 Å². The second-order valence-electron chi connectivity index (χ2n) is 8.05. The van der Waals surface area contributed by atoms with Crippen molar-refractivity contribution in [2.45, 2.75) is 43.8 Å². The Kier molecular flexibility index (Phi) is 5.17. The fourth-order valence-corrected chi connectivity index (χ4v) is 4.09. The summed E-state index contributed by atoms with van der Waals surface area (Å²) in [5.74, 6) is -1.000. The molecule has 31 heavy (non-hydrogen) atoms. The van der Waals surface area contributed by atoms with Crippen LogP contribution in [0.3, 0.4) is 0 Å². The van der Waals surface area contributed by atoms with E-state index in [9.17, 15) is 13.2 Å². The van der Waals surface area contributed by atoms with Gasteiger partial charge in [-0.1, -0.05) is 6.42 Å². The number of ether oxygens (including phenoxy) is 1. The minimum Gasteiger partial charge on any atom is -0.495 e. The van der Waals surface area contributed by atoms with Gasteiger partial charge in [0.05, 0.1) is 19.3 Å². The van der Waals surface area contributed by atoms with Crippen LogP contribution in [0.4, 0.5) is 19.0 Å². The van der Waals surface area contributed by atoms with Gasteiger partial charge in [0.15, 0.2) is 23.1 Å². The Bertz CT molecular complexity index is 1120. The third kappa shape index (κ3) is 3.58. The summed E-state index contributed by atoms with van der Waals surface area (Å²) in [4.78, 5) is 8.46. The van der Waals surface area contributed by atoms with Crippen LogP contribution < -0.4 is 15.4 Å². The molecule has 2 atom stereocenters. The van der Waals surface area contributed by atoms with Gasteiger partial charge in [-0.3, -0.25) is 0 Å². The summed E-state index contributed by atoms with van der Waals surface area (Å²) in [5, 5.41) is 10.5. The van der Waals surface area contributed by atoms with Crippen LogP contribution in [0.15, 0.2) is 18.3 Å². The van der Waals surface area contributed by atoms with Crippen molar-refractivity contribution >= 4 is 11.5 Å². The molecular weight excluding hydrogens is 409 g/mol. The third-order valence-corrected chi connectivity index (χ3v) is 6.09. The monoisotopic (exact) mass is 432 g/mol. The van der Waals surface area contributed by atoms with Gasteiger partial charge in [-0.05, 0) is 25.8 Å². The molecule has 0 spiro atoms. The van der Waals surface area contributed by atoms with Gasteiger partial charge in [0.25, 0.3) is 0 Å². The summed E-state index contributed by atoms with van der Waals surface area (Å²) in [5.41, 5.74) is 1.44. The number of methoxy groups -OCH3 is 1. The lowest BCUT2D eigenvalue weighted by Crippen LogP contribution is -2.46. The minimum atomic E-state index is -1.15. The molecule has 0 radical (unpaired) electrons. The molecular formula is C21H23F3N6O. The van der Waals surface area contributed by atoms with Gasteiger partial charge in [0, 0.05) is 24.6 Å². The molecule has 2 N–H and O–H groups in total. The van der Waals surface area contributed by atoms with Crippen molar-refractivity contribution < 1.29 is 17.9 Å². The number of pyridine rings is 1. The zero-order chi connectivity index (χ0) is 21.5. The summed E-state index contributed by atoms with van der Waals surface area (Å²) in [6, 6.07) is 1.86. The van der Waals surface area contributed by atoms with Gasteiger partial charge in [-0.2, -0.15) is 5.10 Å². The molecule has 1 saturated carbocycles. The van der Waals surface area contributed by atoms with E-state index in [0.29, 0.717) is 30.9 Å². The number of hydrogen-bond donors (Lipinski definition) is 2. The fourth-order valence-electron chi connectivity index (χ4n) is 4.09. The fraction of sp³-hybridized carbons (Fsp3) is 0.476. The van der Waals surface area contributed by atoms with Crippen molar-refractivity contribution in [2.75, 3.05) is 25.5 Å². The van der Waals surface area contributed by atoms with Crippen LogP contribution in [0.2, 0.25) is 0 Å².